The molecule has 0 spiro atoms. The molecule has 3 rings (SSSR count). The molecule has 4 nitrogen and oxygen atoms in total. The van der Waals surface area contributed by atoms with Crippen molar-refractivity contribution < 1.29 is 9.90 Å². The first-order valence-electron chi connectivity index (χ1n) is 7.88. The molecule has 116 valence electrons. The summed E-state index contributed by atoms with van der Waals surface area (Å²) in [5.41, 5.74) is 1.32. The highest BCUT2D eigenvalue weighted by molar-refractivity contribution is 7.10. The second kappa shape index (κ2) is 6.46. The van der Waals surface area contributed by atoms with Gasteiger partial charge < -0.3 is 10.0 Å². The van der Waals surface area contributed by atoms with Crippen LogP contribution in [0.2, 0.25) is 0 Å². The molecule has 21 heavy (non-hydrogen) atoms. The van der Waals surface area contributed by atoms with Crippen molar-refractivity contribution in [2.45, 2.75) is 38.8 Å². The summed E-state index contributed by atoms with van der Waals surface area (Å²) in [4.78, 5) is 18.4. The van der Waals surface area contributed by atoms with Crippen molar-refractivity contribution in [3.8, 4) is 0 Å². The third kappa shape index (κ3) is 3.15. The summed E-state index contributed by atoms with van der Waals surface area (Å²) in [5, 5.41) is 11.3. The lowest BCUT2D eigenvalue weighted by molar-refractivity contribution is -0.138. The number of thiophene rings is 1. The lowest BCUT2D eigenvalue weighted by atomic mass is 9.96. The second-order valence-corrected chi connectivity index (χ2v) is 7.22. The van der Waals surface area contributed by atoms with E-state index in [0.29, 0.717) is 5.92 Å². The van der Waals surface area contributed by atoms with E-state index in [1.165, 1.54) is 10.4 Å². The van der Waals surface area contributed by atoms with Crippen LogP contribution in [0.25, 0.3) is 0 Å². The van der Waals surface area contributed by atoms with Gasteiger partial charge in [0.25, 0.3) is 0 Å². The first-order valence-corrected chi connectivity index (χ1v) is 8.76. The molecule has 1 amide bonds. The number of nitrogens with zero attached hydrogens (tertiary/aromatic N) is 2. The number of aliphatic hydroxyl groups excluding tert-OH is 1. The molecule has 1 saturated heterocycles. The molecule has 1 aromatic rings. The molecule has 1 N–H and O–H groups in total. The Kier molecular flexibility index (Phi) is 4.62. The maximum Gasteiger partial charge on any atom is 0.239 e. The highest BCUT2D eigenvalue weighted by Gasteiger charge is 2.30. The Morgan fingerprint density at radius 2 is 2.19 bits per heavy atom. The van der Waals surface area contributed by atoms with E-state index in [0.717, 1.165) is 45.4 Å². The lowest BCUT2D eigenvalue weighted by Gasteiger charge is -2.38. The number of hydrogen-bond acceptors (Lipinski definition) is 4. The van der Waals surface area contributed by atoms with Crippen molar-refractivity contribution in [2.24, 2.45) is 5.92 Å². The van der Waals surface area contributed by atoms with Crippen molar-refractivity contribution in [2.75, 3.05) is 26.2 Å². The standard InChI is InChI=1S/C16H24N2O2S/c1-12(17-6-2-13(11-19)3-7-17)16(20)18-8-4-15-14(10-18)5-9-21-15/h5,9,12-13,19H,2-4,6-8,10-11H2,1H3. The minimum Gasteiger partial charge on any atom is -0.396 e. The van der Waals surface area contributed by atoms with Crippen molar-refractivity contribution in [1.82, 2.24) is 9.80 Å². The molecule has 0 bridgehead atoms. The molecule has 2 aliphatic heterocycles. The Labute approximate surface area is 130 Å². The zero-order valence-electron chi connectivity index (χ0n) is 12.6. The van der Waals surface area contributed by atoms with Crippen molar-refractivity contribution in [3.63, 3.8) is 0 Å². The van der Waals surface area contributed by atoms with Crippen LogP contribution in [0, 0.1) is 5.92 Å². The number of piperidine rings is 1. The Morgan fingerprint density at radius 1 is 1.43 bits per heavy atom. The van der Waals surface area contributed by atoms with Crippen LogP contribution in [0.3, 0.4) is 0 Å². The maximum atomic E-state index is 12.7. The second-order valence-electron chi connectivity index (χ2n) is 6.22. The van der Waals surface area contributed by atoms with Crippen LogP contribution in [-0.2, 0) is 17.8 Å². The van der Waals surface area contributed by atoms with E-state index in [2.05, 4.69) is 16.3 Å². The molecule has 1 unspecified atom stereocenters. The molecule has 1 fully saturated rings. The van der Waals surface area contributed by atoms with Gasteiger partial charge in [0.1, 0.15) is 0 Å². The monoisotopic (exact) mass is 308 g/mol. The summed E-state index contributed by atoms with van der Waals surface area (Å²) in [7, 11) is 0. The third-order valence-corrected chi connectivity index (χ3v) is 5.95. The van der Waals surface area contributed by atoms with Crippen LogP contribution in [0.5, 0.6) is 0 Å². The molecular weight excluding hydrogens is 284 g/mol. The fraction of sp³-hybridized carbons (Fsp3) is 0.688. The van der Waals surface area contributed by atoms with Gasteiger partial charge in [-0.15, -0.1) is 11.3 Å². The number of hydrogen-bond donors (Lipinski definition) is 1. The largest absolute Gasteiger partial charge is 0.396 e. The smallest absolute Gasteiger partial charge is 0.239 e. The van der Waals surface area contributed by atoms with E-state index in [1.54, 1.807) is 11.3 Å². The number of rotatable bonds is 3. The minimum absolute atomic E-state index is 0.0372. The fourth-order valence-electron chi connectivity index (χ4n) is 3.38. The first kappa shape index (κ1) is 15.0. The Balaban J connectivity index is 1.58. The van der Waals surface area contributed by atoms with Gasteiger partial charge in [-0.2, -0.15) is 0 Å². The van der Waals surface area contributed by atoms with E-state index in [1.807, 2.05) is 11.8 Å². The highest BCUT2D eigenvalue weighted by Crippen LogP contribution is 2.25. The van der Waals surface area contributed by atoms with Crippen molar-refractivity contribution in [1.29, 1.82) is 0 Å². The summed E-state index contributed by atoms with van der Waals surface area (Å²) >= 11 is 1.81. The van der Waals surface area contributed by atoms with Gasteiger partial charge in [-0.05, 0) is 62.2 Å². The molecule has 5 heteroatoms. The Bertz CT molecular complexity index is 494. The van der Waals surface area contributed by atoms with Crippen LogP contribution in [0.4, 0.5) is 0 Å². The topological polar surface area (TPSA) is 43.8 Å². The van der Waals surface area contributed by atoms with Crippen LogP contribution < -0.4 is 0 Å². The number of likely N-dealkylation sites (tertiary alicyclic amines) is 1. The van der Waals surface area contributed by atoms with Gasteiger partial charge in [-0.1, -0.05) is 0 Å². The van der Waals surface area contributed by atoms with Gasteiger partial charge >= 0.3 is 0 Å². The predicted molar refractivity (Wildman–Crippen MR) is 84.3 cm³/mol. The summed E-state index contributed by atoms with van der Waals surface area (Å²) in [6, 6.07) is 2.11. The van der Waals surface area contributed by atoms with E-state index >= 15 is 0 Å². The third-order valence-electron chi connectivity index (χ3n) is 4.93. The summed E-state index contributed by atoms with van der Waals surface area (Å²) < 4.78 is 0. The quantitative estimate of drug-likeness (QED) is 0.925. The molecular formula is C16H24N2O2S. The summed E-state index contributed by atoms with van der Waals surface area (Å²) in [6.07, 6.45) is 3.00. The molecule has 2 aliphatic rings. The molecule has 0 saturated carbocycles. The van der Waals surface area contributed by atoms with Gasteiger partial charge in [0.2, 0.25) is 5.91 Å². The van der Waals surface area contributed by atoms with E-state index in [9.17, 15) is 9.90 Å². The fourth-order valence-corrected chi connectivity index (χ4v) is 4.27. The van der Waals surface area contributed by atoms with Gasteiger partial charge in [-0.3, -0.25) is 9.69 Å². The summed E-state index contributed by atoms with van der Waals surface area (Å²) in [6.45, 7) is 5.79. The average Bonchev–Trinajstić information content (AvgIpc) is 3.01. The van der Waals surface area contributed by atoms with Crippen molar-refractivity contribution in [3.05, 3.63) is 21.9 Å². The summed E-state index contributed by atoms with van der Waals surface area (Å²) in [5.74, 6) is 0.682. The Hall–Kier alpha value is -0.910. The number of amides is 1. The van der Waals surface area contributed by atoms with E-state index < -0.39 is 0 Å². The van der Waals surface area contributed by atoms with Crippen LogP contribution in [-0.4, -0.2) is 53.1 Å². The Morgan fingerprint density at radius 3 is 2.90 bits per heavy atom. The molecule has 0 aromatic carbocycles. The average molecular weight is 308 g/mol. The van der Waals surface area contributed by atoms with Crippen LogP contribution >= 0.6 is 11.3 Å². The SMILES string of the molecule is CC(C(=O)N1CCc2sccc2C1)N1CCC(CO)CC1. The normalized spacial score (nSPS) is 22.1. The van der Waals surface area contributed by atoms with Crippen molar-refractivity contribution >= 4 is 17.2 Å². The zero-order chi connectivity index (χ0) is 14.8. The number of carbonyl (C=O) groups excluding carboxylic acids is 1. The van der Waals surface area contributed by atoms with Gasteiger partial charge in [0.05, 0.1) is 6.04 Å². The minimum atomic E-state index is -0.0372. The highest BCUT2D eigenvalue weighted by atomic mass is 32.1. The van der Waals surface area contributed by atoms with Gasteiger partial charge in [-0.25, -0.2) is 0 Å². The predicted octanol–water partition coefficient (Wildman–Crippen LogP) is 1.73. The molecule has 0 radical (unpaired) electrons. The number of carbonyl (C=O) groups is 1. The molecule has 1 atom stereocenters. The lowest BCUT2D eigenvalue weighted by Crippen LogP contribution is -2.50. The van der Waals surface area contributed by atoms with Gasteiger partial charge in [0.15, 0.2) is 0 Å². The number of fused-ring (bicyclic) bond motifs is 1. The van der Waals surface area contributed by atoms with Gasteiger partial charge in [0, 0.05) is 24.6 Å². The van der Waals surface area contributed by atoms with E-state index in [-0.39, 0.29) is 18.6 Å². The maximum absolute atomic E-state index is 12.7. The molecule has 0 aliphatic carbocycles. The first-order chi connectivity index (χ1) is 10.2. The number of aliphatic hydroxyl groups is 1. The molecule has 3 heterocycles. The van der Waals surface area contributed by atoms with E-state index in [4.69, 9.17) is 0 Å². The molecule has 1 aromatic heterocycles. The van der Waals surface area contributed by atoms with Crippen LogP contribution in [0.1, 0.15) is 30.2 Å². The zero-order valence-corrected chi connectivity index (χ0v) is 13.4. The van der Waals surface area contributed by atoms with Crippen LogP contribution in [0.15, 0.2) is 11.4 Å².